The van der Waals surface area contributed by atoms with Gasteiger partial charge < -0.3 is 19.8 Å². The van der Waals surface area contributed by atoms with Gasteiger partial charge in [0, 0.05) is 0 Å². The number of rotatable bonds is 12. The number of aromatic nitrogens is 3. The van der Waals surface area contributed by atoms with Gasteiger partial charge in [-0.25, -0.2) is 15.0 Å². The summed E-state index contributed by atoms with van der Waals surface area (Å²) in [4.78, 5) is 8.10. The van der Waals surface area contributed by atoms with Gasteiger partial charge in [0.1, 0.15) is 0 Å². The van der Waals surface area contributed by atoms with Crippen molar-refractivity contribution in [2.24, 2.45) is 0 Å². The Labute approximate surface area is 174 Å². The number of nitrogens with zero attached hydrogens (tertiary/aromatic N) is 4. The fourth-order valence-electron chi connectivity index (χ4n) is 2.97. The second-order valence-electron chi connectivity index (χ2n) is 6.83. The summed E-state index contributed by atoms with van der Waals surface area (Å²) in [6.45, 7) is 15.0. The van der Waals surface area contributed by atoms with Crippen LogP contribution in [-0.2, 0) is 16.5 Å². The first-order valence-electron chi connectivity index (χ1n) is 10.0. The Morgan fingerprint density at radius 1 is 0.556 bits per heavy atom. The molecule has 0 N–H and O–H groups in total. The molecule has 1 heterocycles. The van der Waals surface area contributed by atoms with E-state index in [1.165, 1.54) is 82.0 Å². The summed E-state index contributed by atoms with van der Waals surface area (Å²) in [6, 6.07) is -3.25. The monoisotopic (exact) mass is 426 g/mol. The maximum atomic E-state index is 10.0. The van der Waals surface area contributed by atoms with Gasteiger partial charge in [0.05, 0.1) is 44.2 Å². The van der Waals surface area contributed by atoms with Crippen LogP contribution >= 0.6 is 0 Å². The van der Waals surface area contributed by atoms with Crippen LogP contribution in [0.3, 0.4) is 0 Å². The van der Waals surface area contributed by atoms with Crippen molar-refractivity contribution in [1.82, 2.24) is 15.0 Å². The van der Waals surface area contributed by atoms with Gasteiger partial charge in [0.2, 0.25) is 0 Å². The molecule has 0 aliphatic heterocycles. The van der Waals surface area contributed by atoms with Gasteiger partial charge in [-0.3, -0.25) is 0 Å². The van der Waals surface area contributed by atoms with Gasteiger partial charge >= 0.3 is 16.5 Å². The molecular weight excluding hydrogens is 391 g/mol. The van der Waals surface area contributed by atoms with Crippen LogP contribution in [0.25, 0.3) is 0 Å². The van der Waals surface area contributed by atoms with Crippen LogP contribution in [0.1, 0.15) is 79.1 Å². The first-order valence-corrected chi connectivity index (χ1v) is 10.0. The van der Waals surface area contributed by atoms with E-state index in [2.05, 4.69) is 42.6 Å². The average Bonchev–Trinajstić information content (AvgIpc) is 2.60. The third-order valence-corrected chi connectivity index (χ3v) is 4.52. The molecule has 8 heteroatoms. The molecule has 0 amide bonds. The number of hydrogen-bond acceptors (Lipinski definition) is 6. The van der Waals surface area contributed by atoms with Crippen molar-refractivity contribution in [3.05, 3.63) is 0 Å². The average molecular weight is 427 g/mol. The number of quaternary nitrogens is 1. The van der Waals surface area contributed by atoms with Crippen molar-refractivity contribution in [3.8, 4) is 18.0 Å². The molecule has 0 fully saturated rings. The molecule has 0 unspecified atom stereocenters. The van der Waals surface area contributed by atoms with Crippen molar-refractivity contribution >= 4 is 0 Å². The molecule has 0 radical (unpaired) electrons. The molecule has 7 nitrogen and oxygen atoms in total. The Balaban J connectivity index is 0. The SMILES string of the molecule is CCCC[N+](CCCC)(CCCC)CCCC.[Ni+2].[O-]c1nc([O-])nc([O-])n1. The Kier molecular flexibility index (Phi) is 17.7. The summed E-state index contributed by atoms with van der Waals surface area (Å²) in [5.41, 5.74) is 0. The molecule has 27 heavy (non-hydrogen) atoms. The zero-order chi connectivity index (χ0) is 19.8. The topological polar surface area (TPSA) is 108 Å². The summed E-state index contributed by atoms with van der Waals surface area (Å²) >= 11 is 0. The summed E-state index contributed by atoms with van der Waals surface area (Å²) < 4.78 is 1.42. The van der Waals surface area contributed by atoms with Gasteiger partial charge in [-0.15, -0.1) is 0 Å². The standard InChI is InChI=1S/C16H36N.C3H3N3O3.Ni/c1-5-9-13-17(14-10-6-2,15-11-7-3)16-12-8-4;7-1-4-2(8)6-3(9)5-1;/h5-16H2,1-4H3;(H3,4,5,6,7,8,9);/q+1;;+2/p-3. The molecule has 0 atom stereocenters. The summed E-state index contributed by atoms with van der Waals surface area (Å²) in [6.07, 6.45) is 11.1. The molecule has 0 bridgehead atoms. The van der Waals surface area contributed by atoms with Crippen molar-refractivity contribution in [3.63, 3.8) is 0 Å². The Morgan fingerprint density at radius 2 is 0.778 bits per heavy atom. The summed E-state index contributed by atoms with van der Waals surface area (Å²) in [7, 11) is 0. The van der Waals surface area contributed by atoms with Crippen LogP contribution in [0.5, 0.6) is 18.0 Å². The van der Waals surface area contributed by atoms with Crippen molar-refractivity contribution in [2.75, 3.05) is 26.2 Å². The Hall–Kier alpha value is -1.14. The molecule has 0 saturated carbocycles. The maximum absolute atomic E-state index is 10.0. The van der Waals surface area contributed by atoms with E-state index in [9.17, 15) is 15.3 Å². The third kappa shape index (κ3) is 13.6. The van der Waals surface area contributed by atoms with Crippen molar-refractivity contribution < 1.29 is 36.3 Å². The quantitative estimate of drug-likeness (QED) is 0.374. The van der Waals surface area contributed by atoms with E-state index in [-0.39, 0.29) is 16.5 Å². The smallest absolute Gasteiger partial charge is 0.844 e. The van der Waals surface area contributed by atoms with Gasteiger partial charge in [0.25, 0.3) is 0 Å². The fraction of sp³-hybridized carbons (Fsp3) is 0.842. The van der Waals surface area contributed by atoms with E-state index >= 15 is 0 Å². The predicted octanol–water partition coefficient (Wildman–Crippen LogP) is 2.09. The minimum absolute atomic E-state index is 0. The van der Waals surface area contributed by atoms with Gasteiger partial charge in [0.15, 0.2) is 0 Å². The fourth-order valence-corrected chi connectivity index (χ4v) is 2.97. The van der Waals surface area contributed by atoms with Gasteiger partial charge in [-0.1, -0.05) is 53.4 Å². The molecule has 160 valence electrons. The molecular formula is C19H36N4NiO3. The van der Waals surface area contributed by atoms with Crippen LogP contribution in [0.4, 0.5) is 0 Å². The van der Waals surface area contributed by atoms with Crippen LogP contribution in [-0.4, -0.2) is 45.6 Å². The number of unbranched alkanes of at least 4 members (excludes halogenated alkanes) is 4. The third-order valence-electron chi connectivity index (χ3n) is 4.52. The maximum Gasteiger partial charge on any atom is 2.00 e. The van der Waals surface area contributed by atoms with Crippen LogP contribution in [0.15, 0.2) is 0 Å². The predicted molar refractivity (Wildman–Crippen MR) is 97.5 cm³/mol. The van der Waals surface area contributed by atoms with E-state index in [4.69, 9.17) is 0 Å². The Morgan fingerprint density at radius 3 is 0.963 bits per heavy atom. The second kappa shape index (κ2) is 17.0. The first kappa shape index (κ1) is 28.1. The second-order valence-corrected chi connectivity index (χ2v) is 6.83. The van der Waals surface area contributed by atoms with E-state index < -0.39 is 18.0 Å². The van der Waals surface area contributed by atoms with E-state index in [0.29, 0.717) is 0 Å². The van der Waals surface area contributed by atoms with Crippen molar-refractivity contribution in [1.29, 1.82) is 0 Å². The molecule has 1 aromatic rings. The molecule has 0 saturated heterocycles. The largest absolute Gasteiger partial charge is 2.00 e. The molecule has 1 rings (SSSR count). The zero-order valence-corrected chi connectivity index (χ0v) is 18.3. The van der Waals surface area contributed by atoms with Crippen molar-refractivity contribution in [2.45, 2.75) is 79.1 Å². The van der Waals surface area contributed by atoms with Gasteiger partial charge in [-0.2, -0.15) is 0 Å². The summed E-state index contributed by atoms with van der Waals surface area (Å²) in [5, 5.41) is 30.1. The summed E-state index contributed by atoms with van der Waals surface area (Å²) in [5.74, 6) is 0. The van der Waals surface area contributed by atoms with Crippen LogP contribution in [0.2, 0.25) is 0 Å². The molecule has 0 aliphatic carbocycles. The van der Waals surface area contributed by atoms with Crippen LogP contribution in [0, 0.1) is 0 Å². The Bertz CT molecular complexity index is 390. The normalized spacial score (nSPS) is 10.7. The molecule has 0 aromatic carbocycles. The molecule has 1 aromatic heterocycles. The zero-order valence-electron chi connectivity index (χ0n) is 17.3. The molecule has 0 spiro atoms. The first-order chi connectivity index (χ1) is 12.4. The van der Waals surface area contributed by atoms with Crippen LogP contribution < -0.4 is 15.3 Å². The van der Waals surface area contributed by atoms with E-state index in [1.807, 2.05) is 0 Å². The van der Waals surface area contributed by atoms with Gasteiger partial charge in [-0.05, 0) is 25.7 Å². The number of hydrogen-bond donors (Lipinski definition) is 0. The van der Waals surface area contributed by atoms with E-state index in [0.717, 1.165) is 0 Å². The van der Waals surface area contributed by atoms with E-state index in [1.54, 1.807) is 0 Å². The minimum atomic E-state index is -1.08. The minimum Gasteiger partial charge on any atom is -0.844 e. The molecule has 0 aliphatic rings.